The molecule has 0 aromatic carbocycles. The predicted molar refractivity (Wildman–Crippen MR) is 47.1 cm³/mol. The number of hydrogen-bond donors (Lipinski definition) is 2. The highest BCUT2D eigenvalue weighted by Gasteiger charge is 1.89. The van der Waals surface area contributed by atoms with Crippen molar-refractivity contribution in [3.8, 4) is 0 Å². The number of primary amides is 1. The normalized spacial score (nSPS) is 10.2. The van der Waals surface area contributed by atoms with Gasteiger partial charge in [-0.25, -0.2) is 20.2 Å². The fourth-order valence-electron chi connectivity index (χ4n) is 0.640. The molecule has 1 aromatic heterocycles. The second-order valence-corrected chi connectivity index (χ2v) is 2.30. The molecule has 0 unspecified atom stereocenters. The molecule has 0 saturated heterocycles. The van der Waals surface area contributed by atoms with E-state index in [0.29, 0.717) is 11.4 Å². The fraction of sp³-hybridized carbons (Fsp3) is 0.143. The summed E-state index contributed by atoms with van der Waals surface area (Å²) in [6, 6.07) is -0.704. The van der Waals surface area contributed by atoms with Crippen molar-refractivity contribution in [1.82, 2.24) is 15.4 Å². The molecule has 1 aromatic rings. The van der Waals surface area contributed by atoms with Gasteiger partial charge in [0.15, 0.2) is 0 Å². The molecule has 0 spiro atoms. The maximum atomic E-state index is 10.2. The molecule has 0 fully saturated rings. The number of carbonyl (C=O) groups is 1. The number of nitrogens with two attached hydrogens (primary N) is 1. The summed E-state index contributed by atoms with van der Waals surface area (Å²) in [7, 11) is 0. The molecule has 6 heteroatoms. The van der Waals surface area contributed by atoms with Crippen molar-refractivity contribution in [2.45, 2.75) is 6.92 Å². The molecule has 0 aliphatic heterocycles. The summed E-state index contributed by atoms with van der Waals surface area (Å²) >= 11 is 0. The molecular formula is C7H9N5O. The first kappa shape index (κ1) is 9.11. The Morgan fingerprint density at radius 2 is 2.23 bits per heavy atom. The Balaban J connectivity index is 2.59. The number of hydrazone groups is 1. The number of urea groups is 1. The minimum absolute atomic E-state index is 0.681. The maximum absolute atomic E-state index is 10.2. The van der Waals surface area contributed by atoms with Crippen LogP contribution in [0.25, 0.3) is 0 Å². The minimum atomic E-state index is -0.704. The average Bonchev–Trinajstić information content (AvgIpc) is 2.08. The van der Waals surface area contributed by atoms with Gasteiger partial charge < -0.3 is 5.73 Å². The smallest absolute Gasteiger partial charge is 0.332 e. The molecule has 0 aliphatic carbocycles. The van der Waals surface area contributed by atoms with Crippen molar-refractivity contribution in [3.63, 3.8) is 0 Å². The zero-order valence-corrected chi connectivity index (χ0v) is 7.06. The summed E-state index contributed by atoms with van der Waals surface area (Å²) in [6.45, 7) is 1.78. The van der Waals surface area contributed by atoms with Gasteiger partial charge in [0.1, 0.15) is 5.82 Å². The molecule has 0 aliphatic rings. The number of nitrogens with one attached hydrogen (secondary N) is 1. The molecule has 3 N–H and O–H groups in total. The molecule has 0 atom stereocenters. The molecule has 2 amide bonds. The monoisotopic (exact) mass is 179 g/mol. The van der Waals surface area contributed by atoms with Crippen LogP contribution in [0.2, 0.25) is 0 Å². The summed E-state index contributed by atoms with van der Waals surface area (Å²) in [5.74, 6) is 0.681. The van der Waals surface area contributed by atoms with Crippen LogP contribution in [0.15, 0.2) is 17.5 Å². The van der Waals surface area contributed by atoms with Crippen LogP contribution in [-0.2, 0) is 0 Å². The van der Waals surface area contributed by atoms with Gasteiger partial charge in [0.05, 0.1) is 6.21 Å². The Morgan fingerprint density at radius 3 is 2.77 bits per heavy atom. The minimum Gasteiger partial charge on any atom is -0.350 e. The highest BCUT2D eigenvalue weighted by Crippen LogP contribution is 1.90. The summed E-state index contributed by atoms with van der Waals surface area (Å²) in [5, 5.41) is 3.54. The zero-order valence-electron chi connectivity index (χ0n) is 7.06. The predicted octanol–water partition coefficient (Wildman–Crippen LogP) is -0.213. The topological polar surface area (TPSA) is 93.3 Å². The van der Waals surface area contributed by atoms with Crippen LogP contribution in [0.1, 0.15) is 11.4 Å². The first-order valence-corrected chi connectivity index (χ1v) is 3.55. The molecular weight excluding hydrogens is 170 g/mol. The van der Waals surface area contributed by atoms with Gasteiger partial charge in [-0.1, -0.05) is 0 Å². The molecule has 6 nitrogen and oxygen atoms in total. The van der Waals surface area contributed by atoms with Crippen LogP contribution in [0.5, 0.6) is 0 Å². The average molecular weight is 179 g/mol. The van der Waals surface area contributed by atoms with Crippen LogP contribution >= 0.6 is 0 Å². The molecule has 68 valence electrons. The Kier molecular flexibility index (Phi) is 2.91. The third-order valence-electron chi connectivity index (χ3n) is 1.19. The Bertz CT molecular complexity index is 318. The second-order valence-electron chi connectivity index (χ2n) is 2.30. The number of nitrogens with zero attached hydrogens (tertiary/aromatic N) is 3. The van der Waals surface area contributed by atoms with E-state index in [9.17, 15) is 4.79 Å². The summed E-state index contributed by atoms with van der Waals surface area (Å²) < 4.78 is 0. The van der Waals surface area contributed by atoms with E-state index in [0.717, 1.165) is 0 Å². The van der Waals surface area contributed by atoms with Gasteiger partial charge in [-0.3, -0.25) is 0 Å². The van der Waals surface area contributed by atoms with Crippen molar-refractivity contribution >= 4 is 12.2 Å². The number of hydrogen-bond acceptors (Lipinski definition) is 4. The van der Waals surface area contributed by atoms with Crippen molar-refractivity contribution in [1.29, 1.82) is 0 Å². The Morgan fingerprint density at radius 1 is 1.62 bits per heavy atom. The Hall–Kier alpha value is -1.98. The molecule has 13 heavy (non-hydrogen) atoms. The second kappa shape index (κ2) is 4.15. The van der Waals surface area contributed by atoms with Crippen LogP contribution in [0, 0.1) is 6.92 Å². The number of carbonyl (C=O) groups excluding carboxylic acids is 1. The van der Waals surface area contributed by atoms with Gasteiger partial charge >= 0.3 is 6.03 Å². The van der Waals surface area contributed by atoms with Gasteiger partial charge in [-0.2, -0.15) is 5.10 Å². The fourth-order valence-corrected chi connectivity index (χ4v) is 0.640. The lowest BCUT2D eigenvalue weighted by molar-refractivity contribution is 0.249. The van der Waals surface area contributed by atoms with Crippen LogP contribution in [-0.4, -0.2) is 22.2 Å². The van der Waals surface area contributed by atoms with Crippen molar-refractivity contribution in [2.24, 2.45) is 10.8 Å². The van der Waals surface area contributed by atoms with Crippen LogP contribution in [0.4, 0.5) is 4.79 Å². The number of amides is 2. The van der Waals surface area contributed by atoms with Gasteiger partial charge in [0.25, 0.3) is 0 Å². The highest BCUT2D eigenvalue weighted by molar-refractivity contribution is 5.80. The van der Waals surface area contributed by atoms with E-state index in [1.54, 1.807) is 19.3 Å². The van der Waals surface area contributed by atoms with E-state index in [-0.39, 0.29) is 0 Å². The van der Waals surface area contributed by atoms with E-state index < -0.39 is 6.03 Å². The van der Waals surface area contributed by atoms with Gasteiger partial charge in [-0.15, -0.1) is 0 Å². The number of rotatable bonds is 2. The van der Waals surface area contributed by atoms with E-state index in [4.69, 9.17) is 5.73 Å². The third-order valence-corrected chi connectivity index (χ3v) is 1.19. The SMILES string of the molecule is Cc1ncc(/C=N\NC(N)=O)cn1. The van der Waals surface area contributed by atoms with E-state index >= 15 is 0 Å². The van der Waals surface area contributed by atoms with Crippen molar-refractivity contribution in [3.05, 3.63) is 23.8 Å². The molecule has 0 saturated carbocycles. The number of aromatic nitrogens is 2. The summed E-state index contributed by atoms with van der Waals surface area (Å²) in [4.78, 5) is 18.1. The molecule has 1 heterocycles. The van der Waals surface area contributed by atoms with Crippen molar-refractivity contribution in [2.75, 3.05) is 0 Å². The van der Waals surface area contributed by atoms with Gasteiger partial charge in [0.2, 0.25) is 0 Å². The van der Waals surface area contributed by atoms with E-state index in [1.165, 1.54) is 6.21 Å². The van der Waals surface area contributed by atoms with E-state index in [2.05, 4.69) is 20.5 Å². The van der Waals surface area contributed by atoms with Crippen LogP contribution < -0.4 is 11.2 Å². The van der Waals surface area contributed by atoms with Gasteiger partial charge in [-0.05, 0) is 6.92 Å². The first-order chi connectivity index (χ1) is 6.18. The molecule has 0 radical (unpaired) electrons. The zero-order chi connectivity index (χ0) is 9.68. The molecule has 0 bridgehead atoms. The lowest BCUT2D eigenvalue weighted by Crippen LogP contribution is -2.24. The van der Waals surface area contributed by atoms with E-state index in [1.807, 2.05) is 0 Å². The standard InChI is InChI=1S/C7H9N5O/c1-5-9-2-6(3-10-5)4-11-12-7(8)13/h2-4H,1H3,(H3,8,12,13)/b11-4-. The maximum Gasteiger partial charge on any atom is 0.332 e. The summed E-state index contributed by atoms with van der Waals surface area (Å²) in [6.07, 6.45) is 4.59. The molecule has 1 rings (SSSR count). The summed E-state index contributed by atoms with van der Waals surface area (Å²) in [5.41, 5.74) is 7.54. The first-order valence-electron chi connectivity index (χ1n) is 3.55. The quantitative estimate of drug-likeness (QED) is 0.485. The van der Waals surface area contributed by atoms with Crippen molar-refractivity contribution < 1.29 is 4.79 Å². The van der Waals surface area contributed by atoms with Crippen LogP contribution in [0.3, 0.4) is 0 Å². The lowest BCUT2D eigenvalue weighted by Gasteiger charge is -1.93. The number of aryl methyl sites for hydroxylation is 1. The lowest BCUT2D eigenvalue weighted by atomic mass is 10.4. The Labute approximate surface area is 74.9 Å². The highest BCUT2D eigenvalue weighted by atomic mass is 16.2. The van der Waals surface area contributed by atoms with Gasteiger partial charge in [0, 0.05) is 18.0 Å². The largest absolute Gasteiger partial charge is 0.350 e. The third kappa shape index (κ3) is 3.28.